The Morgan fingerprint density at radius 2 is 2.50 bits per heavy atom. The van der Waals surface area contributed by atoms with Crippen molar-refractivity contribution in [1.29, 1.82) is 0 Å². The van der Waals surface area contributed by atoms with Crippen LogP contribution in [0, 0.1) is 5.92 Å². The summed E-state index contributed by atoms with van der Waals surface area (Å²) in [6.07, 6.45) is 3.02. The molecule has 1 heterocycles. The van der Waals surface area contributed by atoms with Crippen molar-refractivity contribution < 1.29 is 4.79 Å². The molecule has 1 aliphatic rings. The van der Waals surface area contributed by atoms with Gasteiger partial charge in [0.25, 0.3) is 0 Å². The fraction of sp³-hybridized carbons (Fsp3) is 0.875. The second kappa shape index (κ2) is 4.97. The van der Waals surface area contributed by atoms with Gasteiger partial charge in [-0.1, -0.05) is 0 Å². The fourth-order valence-electron chi connectivity index (χ4n) is 1.40. The lowest BCUT2D eigenvalue weighted by Crippen LogP contribution is -2.30. The van der Waals surface area contributed by atoms with Gasteiger partial charge >= 0.3 is 0 Å². The number of halogens is 1. The third-order valence-electron chi connectivity index (χ3n) is 2.12. The van der Waals surface area contributed by atoms with Crippen molar-refractivity contribution >= 4 is 29.3 Å². The van der Waals surface area contributed by atoms with Crippen LogP contribution in [0.2, 0.25) is 0 Å². The van der Waals surface area contributed by atoms with Crippen LogP contribution in [0.3, 0.4) is 0 Å². The Balaban J connectivity index is 2.31. The molecular formula is C8H14ClNOS. The molecule has 1 rings (SSSR count). The summed E-state index contributed by atoms with van der Waals surface area (Å²) in [5.41, 5.74) is 0. The van der Waals surface area contributed by atoms with E-state index in [1.54, 1.807) is 11.8 Å². The maximum absolute atomic E-state index is 11.4. The third-order valence-corrected chi connectivity index (χ3v) is 3.10. The van der Waals surface area contributed by atoms with Crippen LogP contribution < -0.4 is 0 Å². The van der Waals surface area contributed by atoms with E-state index in [-0.39, 0.29) is 5.91 Å². The molecule has 12 heavy (non-hydrogen) atoms. The second-order valence-electron chi connectivity index (χ2n) is 3.08. The topological polar surface area (TPSA) is 20.3 Å². The Hall–Kier alpha value is 0.110. The molecule has 1 saturated heterocycles. The molecule has 0 aromatic heterocycles. The predicted octanol–water partition coefficient (Wildman–Crippen LogP) is 1.44. The predicted molar refractivity (Wildman–Crippen MR) is 53.8 cm³/mol. The highest BCUT2D eigenvalue weighted by atomic mass is 35.5. The fourth-order valence-corrected chi connectivity index (χ4v) is 2.08. The van der Waals surface area contributed by atoms with Gasteiger partial charge in [-0.25, -0.2) is 0 Å². The van der Waals surface area contributed by atoms with Gasteiger partial charge in [0.05, 0.1) is 5.75 Å². The number of hydrogen-bond donors (Lipinski definition) is 0. The summed E-state index contributed by atoms with van der Waals surface area (Å²) in [6.45, 7) is 1.76. The SMILES string of the molecule is CSCC(=O)N1CCC(CCl)C1. The van der Waals surface area contributed by atoms with Crippen molar-refractivity contribution in [3.8, 4) is 0 Å². The molecule has 0 saturated carbocycles. The summed E-state index contributed by atoms with van der Waals surface area (Å²) in [5, 5.41) is 0. The van der Waals surface area contributed by atoms with Crippen molar-refractivity contribution in [2.75, 3.05) is 31.0 Å². The molecule has 1 unspecified atom stereocenters. The van der Waals surface area contributed by atoms with E-state index in [9.17, 15) is 4.79 Å². The lowest BCUT2D eigenvalue weighted by molar-refractivity contribution is -0.127. The third kappa shape index (κ3) is 2.56. The van der Waals surface area contributed by atoms with Gasteiger partial charge in [0, 0.05) is 19.0 Å². The Labute approximate surface area is 82.6 Å². The Morgan fingerprint density at radius 1 is 1.75 bits per heavy atom. The molecule has 70 valence electrons. The van der Waals surface area contributed by atoms with Crippen molar-refractivity contribution in [3.05, 3.63) is 0 Å². The molecule has 0 aromatic rings. The number of thioether (sulfide) groups is 1. The molecular weight excluding hydrogens is 194 g/mol. The molecule has 2 nitrogen and oxygen atoms in total. The van der Waals surface area contributed by atoms with Crippen LogP contribution in [-0.2, 0) is 4.79 Å². The molecule has 0 bridgehead atoms. The summed E-state index contributed by atoms with van der Waals surface area (Å²) in [4.78, 5) is 13.3. The molecule has 1 fully saturated rings. The Morgan fingerprint density at radius 3 is 3.00 bits per heavy atom. The number of amides is 1. The van der Waals surface area contributed by atoms with Gasteiger partial charge in [-0.3, -0.25) is 4.79 Å². The van der Waals surface area contributed by atoms with Crippen LogP contribution in [0.1, 0.15) is 6.42 Å². The number of likely N-dealkylation sites (tertiary alicyclic amines) is 1. The number of nitrogens with zero attached hydrogens (tertiary/aromatic N) is 1. The van der Waals surface area contributed by atoms with Gasteiger partial charge in [0.1, 0.15) is 0 Å². The number of carbonyl (C=O) groups is 1. The molecule has 1 amide bonds. The summed E-state index contributed by atoms with van der Waals surface area (Å²) < 4.78 is 0. The average Bonchev–Trinajstić information content (AvgIpc) is 2.52. The summed E-state index contributed by atoms with van der Waals surface area (Å²) in [5.74, 6) is 2.07. The lowest BCUT2D eigenvalue weighted by Gasteiger charge is -2.14. The van der Waals surface area contributed by atoms with E-state index < -0.39 is 0 Å². The van der Waals surface area contributed by atoms with Crippen molar-refractivity contribution in [2.24, 2.45) is 5.92 Å². The molecule has 1 aliphatic heterocycles. The van der Waals surface area contributed by atoms with Gasteiger partial charge in [-0.05, 0) is 18.6 Å². The van der Waals surface area contributed by atoms with Crippen LogP contribution in [0.15, 0.2) is 0 Å². The smallest absolute Gasteiger partial charge is 0.232 e. The zero-order valence-corrected chi connectivity index (χ0v) is 8.83. The van der Waals surface area contributed by atoms with Gasteiger partial charge in [-0.2, -0.15) is 11.8 Å². The second-order valence-corrected chi connectivity index (χ2v) is 4.26. The molecule has 0 radical (unpaired) electrons. The Bertz CT molecular complexity index is 165. The van der Waals surface area contributed by atoms with Crippen LogP contribution >= 0.6 is 23.4 Å². The van der Waals surface area contributed by atoms with Crippen LogP contribution in [0.25, 0.3) is 0 Å². The summed E-state index contributed by atoms with van der Waals surface area (Å²) >= 11 is 7.29. The van der Waals surface area contributed by atoms with E-state index in [1.807, 2.05) is 11.2 Å². The first-order valence-corrected chi connectivity index (χ1v) is 6.03. The van der Waals surface area contributed by atoms with E-state index in [1.165, 1.54) is 0 Å². The minimum atomic E-state index is 0.259. The molecule has 1 atom stereocenters. The van der Waals surface area contributed by atoms with Gasteiger partial charge in [-0.15, -0.1) is 11.6 Å². The van der Waals surface area contributed by atoms with E-state index in [4.69, 9.17) is 11.6 Å². The molecule has 4 heteroatoms. The first-order valence-electron chi connectivity index (χ1n) is 4.10. The van der Waals surface area contributed by atoms with Crippen LogP contribution in [-0.4, -0.2) is 41.8 Å². The Kier molecular flexibility index (Phi) is 4.22. The highest BCUT2D eigenvalue weighted by Crippen LogP contribution is 2.17. The minimum absolute atomic E-state index is 0.259. The normalized spacial score (nSPS) is 23.2. The first-order chi connectivity index (χ1) is 5.77. The van der Waals surface area contributed by atoms with Crippen LogP contribution in [0.5, 0.6) is 0 Å². The zero-order valence-electron chi connectivity index (χ0n) is 7.25. The summed E-state index contributed by atoms with van der Waals surface area (Å²) in [6, 6.07) is 0. The van der Waals surface area contributed by atoms with E-state index in [0.29, 0.717) is 17.6 Å². The number of carbonyl (C=O) groups excluding carboxylic acids is 1. The molecule has 0 spiro atoms. The summed E-state index contributed by atoms with van der Waals surface area (Å²) in [7, 11) is 0. The first kappa shape index (κ1) is 10.2. The van der Waals surface area contributed by atoms with Gasteiger partial charge in [0.2, 0.25) is 5.91 Å². The maximum Gasteiger partial charge on any atom is 0.232 e. The lowest BCUT2D eigenvalue weighted by atomic mass is 10.2. The van der Waals surface area contributed by atoms with Gasteiger partial charge in [0.15, 0.2) is 0 Å². The van der Waals surface area contributed by atoms with E-state index >= 15 is 0 Å². The van der Waals surface area contributed by atoms with Gasteiger partial charge < -0.3 is 4.90 Å². The minimum Gasteiger partial charge on any atom is -0.342 e. The quantitative estimate of drug-likeness (QED) is 0.653. The maximum atomic E-state index is 11.4. The molecule has 0 aliphatic carbocycles. The highest BCUT2D eigenvalue weighted by Gasteiger charge is 2.24. The van der Waals surface area contributed by atoms with Crippen molar-refractivity contribution in [2.45, 2.75) is 6.42 Å². The largest absolute Gasteiger partial charge is 0.342 e. The van der Waals surface area contributed by atoms with E-state index in [2.05, 4.69) is 0 Å². The van der Waals surface area contributed by atoms with E-state index in [0.717, 1.165) is 19.5 Å². The van der Waals surface area contributed by atoms with Crippen LogP contribution in [0.4, 0.5) is 0 Å². The average molecular weight is 208 g/mol. The van der Waals surface area contributed by atoms with Crippen molar-refractivity contribution in [1.82, 2.24) is 4.90 Å². The van der Waals surface area contributed by atoms with Crippen molar-refractivity contribution in [3.63, 3.8) is 0 Å². The monoisotopic (exact) mass is 207 g/mol. The highest BCUT2D eigenvalue weighted by molar-refractivity contribution is 7.99. The molecule has 0 N–H and O–H groups in total. The number of hydrogen-bond acceptors (Lipinski definition) is 2. The zero-order chi connectivity index (χ0) is 8.97. The standard InChI is InChI=1S/C8H14ClNOS/c1-12-6-8(11)10-3-2-7(4-9)5-10/h7H,2-6H2,1H3. The number of rotatable bonds is 3. The molecule has 0 aromatic carbocycles. The number of alkyl halides is 1.